The summed E-state index contributed by atoms with van der Waals surface area (Å²) in [5.41, 5.74) is 0.910. The lowest BCUT2D eigenvalue weighted by molar-refractivity contribution is 0.0804. The maximum Gasteiger partial charge on any atom is 0.217 e. The zero-order chi connectivity index (χ0) is 11.8. The molecule has 0 aliphatic rings. The van der Waals surface area contributed by atoms with Gasteiger partial charge in [-0.2, -0.15) is 0 Å². The molecule has 4 heteroatoms. The molecule has 0 radical (unpaired) electrons. The molecule has 0 unspecified atom stereocenters. The van der Waals surface area contributed by atoms with E-state index in [1.54, 1.807) is 6.20 Å². The van der Waals surface area contributed by atoms with Crippen LogP contribution in [0.5, 0.6) is 5.88 Å². The van der Waals surface area contributed by atoms with Gasteiger partial charge in [0.15, 0.2) is 0 Å². The van der Waals surface area contributed by atoms with Gasteiger partial charge in [-0.1, -0.05) is 19.9 Å². The van der Waals surface area contributed by atoms with E-state index >= 15 is 0 Å². The SMILES string of the molecule is CC(C)COCCOc1ncccc1CCl. The molecule has 1 aromatic heterocycles. The fourth-order valence-electron chi connectivity index (χ4n) is 1.17. The van der Waals surface area contributed by atoms with E-state index in [0.717, 1.165) is 12.2 Å². The van der Waals surface area contributed by atoms with Crippen molar-refractivity contribution in [3.05, 3.63) is 23.9 Å². The second kappa shape index (κ2) is 7.47. The van der Waals surface area contributed by atoms with Crippen LogP contribution in [-0.4, -0.2) is 24.8 Å². The van der Waals surface area contributed by atoms with Gasteiger partial charge in [-0.3, -0.25) is 0 Å². The van der Waals surface area contributed by atoms with Gasteiger partial charge in [-0.25, -0.2) is 4.98 Å². The maximum absolute atomic E-state index is 5.76. The first-order valence-electron chi connectivity index (χ1n) is 5.44. The highest BCUT2D eigenvalue weighted by Crippen LogP contribution is 2.15. The van der Waals surface area contributed by atoms with Crippen molar-refractivity contribution < 1.29 is 9.47 Å². The third-order valence-electron chi connectivity index (χ3n) is 1.91. The predicted octanol–water partition coefficient (Wildman–Crippen LogP) is 2.87. The van der Waals surface area contributed by atoms with Crippen molar-refractivity contribution in [2.75, 3.05) is 19.8 Å². The Hall–Kier alpha value is -0.800. The van der Waals surface area contributed by atoms with Gasteiger partial charge in [0.1, 0.15) is 6.61 Å². The number of ether oxygens (including phenoxy) is 2. The summed E-state index contributed by atoms with van der Waals surface area (Å²) < 4.78 is 10.9. The number of halogens is 1. The van der Waals surface area contributed by atoms with Crippen molar-refractivity contribution in [3.63, 3.8) is 0 Å². The lowest BCUT2D eigenvalue weighted by Gasteiger charge is -2.09. The molecule has 1 heterocycles. The second-order valence-corrected chi connectivity index (χ2v) is 4.19. The maximum atomic E-state index is 5.76. The normalized spacial score (nSPS) is 10.8. The quantitative estimate of drug-likeness (QED) is 0.545. The average Bonchev–Trinajstić information content (AvgIpc) is 2.29. The first-order chi connectivity index (χ1) is 7.74. The fraction of sp³-hybridized carbons (Fsp3) is 0.583. The summed E-state index contributed by atoms with van der Waals surface area (Å²) in [4.78, 5) is 4.12. The van der Waals surface area contributed by atoms with Crippen LogP contribution in [0.4, 0.5) is 0 Å². The van der Waals surface area contributed by atoms with Crippen LogP contribution in [0.3, 0.4) is 0 Å². The molecule has 16 heavy (non-hydrogen) atoms. The Balaban J connectivity index is 2.26. The van der Waals surface area contributed by atoms with E-state index in [2.05, 4.69) is 18.8 Å². The minimum absolute atomic E-state index is 0.413. The molecule has 0 bridgehead atoms. The van der Waals surface area contributed by atoms with Crippen LogP contribution in [0.15, 0.2) is 18.3 Å². The first kappa shape index (κ1) is 13.3. The molecular weight excluding hydrogens is 226 g/mol. The molecule has 1 aromatic rings. The molecule has 0 N–H and O–H groups in total. The van der Waals surface area contributed by atoms with Crippen molar-refractivity contribution in [2.24, 2.45) is 5.92 Å². The summed E-state index contributed by atoms with van der Waals surface area (Å²) >= 11 is 5.76. The number of hydrogen-bond acceptors (Lipinski definition) is 3. The van der Waals surface area contributed by atoms with Gasteiger partial charge >= 0.3 is 0 Å². The molecule has 0 spiro atoms. The van der Waals surface area contributed by atoms with E-state index in [1.807, 2.05) is 12.1 Å². The Morgan fingerprint density at radius 3 is 2.88 bits per heavy atom. The van der Waals surface area contributed by atoms with Gasteiger partial charge in [0, 0.05) is 18.4 Å². The molecule has 0 atom stereocenters. The van der Waals surface area contributed by atoms with Crippen LogP contribution in [0.2, 0.25) is 0 Å². The summed E-state index contributed by atoms with van der Waals surface area (Å²) in [6.07, 6.45) is 1.69. The van der Waals surface area contributed by atoms with E-state index in [-0.39, 0.29) is 0 Å². The minimum atomic E-state index is 0.413. The van der Waals surface area contributed by atoms with Gasteiger partial charge in [0.2, 0.25) is 5.88 Å². The summed E-state index contributed by atoms with van der Waals surface area (Å²) in [5.74, 6) is 1.56. The van der Waals surface area contributed by atoms with E-state index in [4.69, 9.17) is 21.1 Å². The third kappa shape index (κ3) is 4.81. The van der Waals surface area contributed by atoms with Crippen LogP contribution in [0.1, 0.15) is 19.4 Å². The van der Waals surface area contributed by atoms with Gasteiger partial charge < -0.3 is 9.47 Å². The van der Waals surface area contributed by atoms with E-state index in [9.17, 15) is 0 Å². The Bertz CT molecular complexity index is 305. The predicted molar refractivity (Wildman–Crippen MR) is 64.9 cm³/mol. The van der Waals surface area contributed by atoms with E-state index in [0.29, 0.717) is 30.9 Å². The highest BCUT2D eigenvalue weighted by Gasteiger charge is 2.02. The Labute approximate surface area is 102 Å². The number of hydrogen-bond donors (Lipinski definition) is 0. The van der Waals surface area contributed by atoms with E-state index < -0.39 is 0 Å². The summed E-state index contributed by atoms with van der Waals surface area (Å²) in [6, 6.07) is 3.75. The van der Waals surface area contributed by atoms with Gasteiger partial charge in [0.05, 0.1) is 12.5 Å². The van der Waals surface area contributed by atoms with Crippen molar-refractivity contribution in [1.29, 1.82) is 0 Å². The molecule has 0 saturated heterocycles. The zero-order valence-corrected chi connectivity index (χ0v) is 10.5. The molecule has 0 amide bonds. The van der Waals surface area contributed by atoms with Gasteiger partial charge in [-0.15, -0.1) is 11.6 Å². The first-order valence-corrected chi connectivity index (χ1v) is 5.98. The largest absolute Gasteiger partial charge is 0.475 e. The summed E-state index contributed by atoms with van der Waals surface area (Å²) in [5, 5.41) is 0. The molecule has 0 aliphatic carbocycles. The van der Waals surface area contributed by atoms with Crippen LogP contribution < -0.4 is 4.74 Å². The third-order valence-corrected chi connectivity index (χ3v) is 2.20. The fourth-order valence-corrected chi connectivity index (χ4v) is 1.38. The molecule has 3 nitrogen and oxygen atoms in total. The molecule has 0 aromatic carbocycles. The number of pyridine rings is 1. The molecule has 90 valence electrons. The smallest absolute Gasteiger partial charge is 0.217 e. The Kier molecular flexibility index (Phi) is 6.19. The lowest BCUT2D eigenvalue weighted by Crippen LogP contribution is -2.11. The van der Waals surface area contributed by atoms with Crippen LogP contribution in [0.25, 0.3) is 0 Å². The van der Waals surface area contributed by atoms with Crippen LogP contribution in [0, 0.1) is 5.92 Å². The molecule has 0 aliphatic heterocycles. The standard InChI is InChI=1S/C12H18ClNO2/c1-10(2)9-15-6-7-16-12-11(8-13)4-3-5-14-12/h3-5,10H,6-9H2,1-2H3. The number of rotatable bonds is 7. The van der Waals surface area contributed by atoms with Crippen molar-refractivity contribution in [3.8, 4) is 5.88 Å². The van der Waals surface area contributed by atoms with Crippen molar-refractivity contribution in [1.82, 2.24) is 4.98 Å². The Morgan fingerprint density at radius 1 is 1.38 bits per heavy atom. The highest BCUT2D eigenvalue weighted by molar-refractivity contribution is 6.17. The molecule has 1 rings (SSSR count). The second-order valence-electron chi connectivity index (χ2n) is 3.92. The zero-order valence-electron chi connectivity index (χ0n) is 9.78. The number of alkyl halides is 1. The monoisotopic (exact) mass is 243 g/mol. The molecule has 0 saturated carbocycles. The van der Waals surface area contributed by atoms with Crippen molar-refractivity contribution in [2.45, 2.75) is 19.7 Å². The Morgan fingerprint density at radius 2 is 2.19 bits per heavy atom. The van der Waals surface area contributed by atoms with Gasteiger partial charge in [-0.05, 0) is 12.0 Å². The van der Waals surface area contributed by atoms with Crippen LogP contribution >= 0.6 is 11.6 Å². The summed E-state index contributed by atoms with van der Waals surface area (Å²) in [6.45, 7) is 6.08. The molecular formula is C12H18ClNO2. The number of nitrogens with zero attached hydrogens (tertiary/aromatic N) is 1. The summed E-state index contributed by atoms with van der Waals surface area (Å²) in [7, 11) is 0. The average molecular weight is 244 g/mol. The minimum Gasteiger partial charge on any atom is -0.475 e. The lowest BCUT2D eigenvalue weighted by atomic mass is 10.2. The van der Waals surface area contributed by atoms with E-state index in [1.165, 1.54) is 0 Å². The number of aromatic nitrogens is 1. The van der Waals surface area contributed by atoms with Crippen LogP contribution in [-0.2, 0) is 10.6 Å². The molecule has 0 fully saturated rings. The van der Waals surface area contributed by atoms with Gasteiger partial charge in [0.25, 0.3) is 0 Å². The topological polar surface area (TPSA) is 31.4 Å². The highest BCUT2D eigenvalue weighted by atomic mass is 35.5. The van der Waals surface area contributed by atoms with Crippen molar-refractivity contribution >= 4 is 11.6 Å².